The molecule has 1 saturated heterocycles. The Labute approximate surface area is 149 Å². The van der Waals surface area contributed by atoms with Gasteiger partial charge in [-0.05, 0) is 33.6 Å². The Bertz CT molecular complexity index is 556. The number of nitrogens with one attached hydrogen (secondary N) is 1. The van der Waals surface area contributed by atoms with Gasteiger partial charge in [-0.3, -0.25) is 9.69 Å². The van der Waals surface area contributed by atoms with Crippen molar-refractivity contribution in [2.24, 2.45) is 0 Å². The normalized spacial score (nSPS) is 19.7. The maximum absolute atomic E-state index is 11.9. The molecular weight excluding hydrogens is 320 g/mol. The highest BCUT2D eigenvalue weighted by Gasteiger charge is 2.31. The molecule has 1 N–H and O–H groups in total. The summed E-state index contributed by atoms with van der Waals surface area (Å²) in [6.07, 6.45) is 2.19. The fourth-order valence-corrected chi connectivity index (χ4v) is 3.08. The van der Waals surface area contributed by atoms with Crippen LogP contribution >= 0.6 is 0 Å². The van der Waals surface area contributed by atoms with E-state index in [0.717, 1.165) is 31.4 Å². The van der Waals surface area contributed by atoms with Crippen LogP contribution in [0.5, 0.6) is 0 Å². The van der Waals surface area contributed by atoms with E-state index >= 15 is 0 Å². The summed E-state index contributed by atoms with van der Waals surface area (Å²) < 4.78 is 10.7. The van der Waals surface area contributed by atoms with Crippen molar-refractivity contribution in [3.8, 4) is 0 Å². The monoisotopic (exact) mass is 348 g/mol. The van der Waals surface area contributed by atoms with Crippen LogP contribution in [0, 0.1) is 0 Å². The molecule has 0 aromatic heterocycles. The van der Waals surface area contributed by atoms with Gasteiger partial charge >= 0.3 is 6.09 Å². The smallest absolute Gasteiger partial charge is 0.407 e. The van der Waals surface area contributed by atoms with E-state index in [9.17, 15) is 9.59 Å². The van der Waals surface area contributed by atoms with Crippen LogP contribution in [0.2, 0.25) is 0 Å². The van der Waals surface area contributed by atoms with Crippen molar-refractivity contribution in [1.82, 2.24) is 10.2 Å². The van der Waals surface area contributed by atoms with Gasteiger partial charge in [-0.1, -0.05) is 36.8 Å². The highest BCUT2D eigenvalue weighted by atomic mass is 16.6. The van der Waals surface area contributed by atoms with E-state index in [1.54, 1.807) is 0 Å². The molecule has 0 spiro atoms. The Kier molecular flexibility index (Phi) is 6.82. The summed E-state index contributed by atoms with van der Waals surface area (Å²) in [4.78, 5) is 25.1. The highest BCUT2D eigenvalue weighted by Crippen LogP contribution is 2.29. The molecule has 0 radical (unpaired) electrons. The van der Waals surface area contributed by atoms with Gasteiger partial charge in [0, 0.05) is 24.7 Å². The largest absolute Gasteiger partial charge is 0.444 e. The van der Waals surface area contributed by atoms with Gasteiger partial charge in [0.1, 0.15) is 5.60 Å². The third-order valence-electron chi connectivity index (χ3n) is 4.12. The lowest BCUT2D eigenvalue weighted by molar-refractivity contribution is -0.148. The summed E-state index contributed by atoms with van der Waals surface area (Å²) in [7, 11) is 0. The van der Waals surface area contributed by atoms with Gasteiger partial charge in [-0.15, -0.1) is 0 Å². The van der Waals surface area contributed by atoms with Crippen molar-refractivity contribution in [2.75, 3.05) is 13.1 Å². The van der Waals surface area contributed by atoms with Crippen molar-refractivity contribution < 1.29 is 19.1 Å². The van der Waals surface area contributed by atoms with Gasteiger partial charge in [0.05, 0.1) is 0 Å². The molecule has 1 fully saturated rings. The minimum atomic E-state index is -0.524. The lowest BCUT2D eigenvalue weighted by Crippen LogP contribution is -2.49. The Morgan fingerprint density at radius 1 is 1.32 bits per heavy atom. The average Bonchev–Trinajstić information content (AvgIpc) is 2.57. The first-order valence-electron chi connectivity index (χ1n) is 8.77. The number of hydrogen-bond donors (Lipinski definition) is 1. The zero-order chi connectivity index (χ0) is 18.3. The van der Waals surface area contributed by atoms with Gasteiger partial charge in [0.25, 0.3) is 6.47 Å². The molecule has 25 heavy (non-hydrogen) atoms. The van der Waals surface area contributed by atoms with Crippen LogP contribution in [-0.4, -0.2) is 42.2 Å². The minimum Gasteiger partial charge on any atom is -0.444 e. The first-order valence-corrected chi connectivity index (χ1v) is 8.77. The average molecular weight is 348 g/mol. The van der Waals surface area contributed by atoms with E-state index in [1.165, 1.54) is 0 Å². The second-order valence-electron chi connectivity index (χ2n) is 7.27. The number of rotatable bonds is 6. The summed E-state index contributed by atoms with van der Waals surface area (Å²) in [5.74, 6) is 0. The topological polar surface area (TPSA) is 67.9 Å². The van der Waals surface area contributed by atoms with E-state index < -0.39 is 17.9 Å². The molecule has 2 atom stereocenters. The minimum absolute atomic E-state index is 0.0893. The first-order chi connectivity index (χ1) is 11.9. The molecule has 1 amide bonds. The Morgan fingerprint density at radius 3 is 2.68 bits per heavy atom. The summed E-state index contributed by atoms with van der Waals surface area (Å²) in [6.45, 7) is 7.27. The van der Waals surface area contributed by atoms with Crippen LogP contribution in [0.1, 0.15) is 51.8 Å². The predicted octanol–water partition coefficient (Wildman–Crippen LogP) is 3.24. The molecule has 0 saturated carbocycles. The van der Waals surface area contributed by atoms with Crippen LogP contribution in [0.4, 0.5) is 4.79 Å². The van der Waals surface area contributed by atoms with Crippen molar-refractivity contribution >= 4 is 12.6 Å². The number of amides is 1. The SMILES string of the molecule is CC(C)(C)OC(=O)NCC1CCCCN1C(OC=O)c1ccccc1. The second-order valence-corrected chi connectivity index (χ2v) is 7.27. The second kappa shape index (κ2) is 8.85. The molecule has 6 heteroatoms. The number of nitrogens with zero attached hydrogens (tertiary/aromatic N) is 1. The summed E-state index contributed by atoms with van der Waals surface area (Å²) in [5, 5.41) is 2.84. The molecule has 6 nitrogen and oxygen atoms in total. The van der Waals surface area contributed by atoms with Crippen LogP contribution in [0.15, 0.2) is 30.3 Å². The predicted molar refractivity (Wildman–Crippen MR) is 94.9 cm³/mol. The molecule has 1 heterocycles. The summed E-state index contributed by atoms with van der Waals surface area (Å²) in [6, 6.07) is 9.76. The number of hydrogen-bond acceptors (Lipinski definition) is 5. The van der Waals surface area contributed by atoms with Gasteiger partial charge in [-0.2, -0.15) is 0 Å². The van der Waals surface area contributed by atoms with Crippen LogP contribution in [-0.2, 0) is 14.3 Å². The van der Waals surface area contributed by atoms with Gasteiger partial charge in [0.2, 0.25) is 0 Å². The molecule has 1 aliphatic rings. The number of piperidine rings is 1. The lowest BCUT2D eigenvalue weighted by atomic mass is 10.00. The molecular formula is C19H28N2O4. The molecule has 1 aliphatic heterocycles. The van der Waals surface area contributed by atoms with Crippen molar-refractivity contribution in [2.45, 2.75) is 57.9 Å². The molecule has 0 aliphatic carbocycles. The molecule has 0 bridgehead atoms. The maximum Gasteiger partial charge on any atom is 0.407 e. The zero-order valence-corrected chi connectivity index (χ0v) is 15.2. The Morgan fingerprint density at radius 2 is 2.04 bits per heavy atom. The number of alkyl carbamates (subject to hydrolysis) is 1. The van der Waals surface area contributed by atoms with Crippen molar-refractivity contribution in [1.29, 1.82) is 0 Å². The van der Waals surface area contributed by atoms with E-state index in [4.69, 9.17) is 9.47 Å². The van der Waals surface area contributed by atoms with Crippen LogP contribution in [0.3, 0.4) is 0 Å². The maximum atomic E-state index is 11.9. The molecule has 2 unspecified atom stereocenters. The van der Waals surface area contributed by atoms with Crippen LogP contribution in [0.25, 0.3) is 0 Å². The molecule has 138 valence electrons. The lowest BCUT2D eigenvalue weighted by Gasteiger charge is -2.40. The van der Waals surface area contributed by atoms with Gasteiger partial charge in [-0.25, -0.2) is 4.79 Å². The van der Waals surface area contributed by atoms with Gasteiger partial charge < -0.3 is 14.8 Å². The van der Waals surface area contributed by atoms with E-state index in [2.05, 4.69) is 10.2 Å². The quantitative estimate of drug-likeness (QED) is 0.800. The number of carbonyl (C=O) groups excluding carboxylic acids is 2. The first kappa shape index (κ1) is 19.2. The third kappa shape index (κ3) is 6.05. The van der Waals surface area contributed by atoms with E-state index in [1.807, 2.05) is 51.1 Å². The standard InChI is InChI=1S/C19H28N2O4/c1-19(2,3)25-18(23)20-13-16-11-7-8-12-21(16)17(24-14-22)15-9-5-4-6-10-15/h4-6,9-10,14,16-17H,7-8,11-13H2,1-3H3,(H,20,23). The zero-order valence-electron chi connectivity index (χ0n) is 15.2. The number of carbonyl (C=O) groups is 2. The number of likely N-dealkylation sites (tertiary alicyclic amines) is 1. The number of ether oxygens (including phenoxy) is 2. The highest BCUT2D eigenvalue weighted by molar-refractivity contribution is 5.67. The summed E-state index contributed by atoms with van der Waals surface area (Å²) >= 11 is 0. The van der Waals surface area contributed by atoms with E-state index in [0.29, 0.717) is 13.0 Å². The molecule has 2 rings (SSSR count). The third-order valence-corrected chi connectivity index (χ3v) is 4.12. The van der Waals surface area contributed by atoms with Crippen molar-refractivity contribution in [3.05, 3.63) is 35.9 Å². The van der Waals surface area contributed by atoms with Crippen molar-refractivity contribution in [3.63, 3.8) is 0 Å². The van der Waals surface area contributed by atoms with E-state index in [-0.39, 0.29) is 6.04 Å². The fourth-order valence-electron chi connectivity index (χ4n) is 3.08. The van der Waals surface area contributed by atoms with Crippen LogP contribution < -0.4 is 5.32 Å². The Hall–Kier alpha value is -2.08. The number of benzene rings is 1. The molecule has 1 aromatic rings. The van der Waals surface area contributed by atoms with Gasteiger partial charge in [0.15, 0.2) is 6.23 Å². The summed E-state index contributed by atoms with van der Waals surface area (Å²) in [5.41, 5.74) is 0.405. The Balaban J connectivity index is 2.05. The molecule has 1 aromatic carbocycles. The fraction of sp³-hybridized carbons (Fsp3) is 0.579.